The minimum Gasteiger partial charge on any atom is -0.505 e. The highest BCUT2D eigenvalue weighted by Gasteiger charge is 2.16. The number of ether oxygens (including phenoxy) is 1. The van der Waals surface area contributed by atoms with Crippen LogP contribution >= 0.6 is 0 Å². The molecule has 0 saturated heterocycles. The second-order valence-electron chi connectivity index (χ2n) is 4.30. The fraction of sp³-hybridized carbons (Fsp3) is 0.417. The zero-order valence-corrected chi connectivity index (χ0v) is 10.8. The van der Waals surface area contributed by atoms with Gasteiger partial charge in [-0.05, 0) is 12.0 Å². The van der Waals surface area contributed by atoms with Gasteiger partial charge in [-0.15, -0.1) is 0 Å². The molecule has 1 aromatic heterocycles. The third-order valence-corrected chi connectivity index (χ3v) is 2.07. The molecule has 19 heavy (non-hydrogen) atoms. The number of amides is 2. The number of pyridine rings is 1. The fourth-order valence-corrected chi connectivity index (χ4v) is 1.17. The van der Waals surface area contributed by atoms with Crippen LogP contribution in [-0.4, -0.2) is 35.1 Å². The topological polar surface area (TPSA) is 115 Å². The molecule has 7 nitrogen and oxygen atoms in total. The van der Waals surface area contributed by atoms with Crippen molar-refractivity contribution in [3.8, 4) is 11.6 Å². The molecule has 1 rings (SSSR count). The maximum atomic E-state index is 11.7. The van der Waals surface area contributed by atoms with Gasteiger partial charge in [-0.25, -0.2) is 4.98 Å². The lowest BCUT2D eigenvalue weighted by Gasteiger charge is -2.09. The van der Waals surface area contributed by atoms with Crippen LogP contribution in [-0.2, 0) is 4.79 Å². The molecule has 0 unspecified atom stereocenters. The van der Waals surface area contributed by atoms with Crippen molar-refractivity contribution in [1.82, 2.24) is 10.3 Å². The predicted octanol–water partition coefficient (Wildman–Crippen LogP) is 0.0371. The van der Waals surface area contributed by atoms with Gasteiger partial charge in [0.15, 0.2) is 5.69 Å². The number of aromatic hydroxyl groups is 1. The van der Waals surface area contributed by atoms with Gasteiger partial charge >= 0.3 is 0 Å². The van der Waals surface area contributed by atoms with E-state index in [-0.39, 0.29) is 23.9 Å². The zero-order chi connectivity index (χ0) is 14.4. The molecule has 104 valence electrons. The number of hydrogen-bond acceptors (Lipinski definition) is 6. The second-order valence-corrected chi connectivity index (χ2v) is 4.30. The summed E-state index contributed by atoms with van der Waals surface area (Å²) >= 11 is 0. The molecule has 0 aliphatic carbocycles. The molecule has 0 atom stereocenters. The van der Waals surface area contributed by atoms with Crippen molar-refractivity contribution in [3.05, 3.63) is 17.8 Å². The highest BCUT2D eigenvalue weighted by Crippen LogP contribution is 2.19. The predicted molar refractivity (Wildman–Crippen MR) is 67.8 cm³/mol. The zero-order valence-electron chi connectivity index (χ0n) is 10.8. The summed E-state index contributed by atoms with van der Waals surface area (Å²) in [4.78, 5) is 26.5. The number of nitrogens with zero attached hydrogens (tertiary/aromatic N) is 1. The van der Waals surface area contributed by atoms with Crippen molar-refractivity contribution in [3.63, 3.8) is 0 Å². The van der Waals surface area contributed by atoms with Crippen molar-refractivity contribution < 1.29 is 19.4 Å². The van der Waals surface area contributed by atoms with Gasteiger partial charge in [0, 0.05) is 6.07 Å². The van der Waals surface area contributed by atoms with Gasteiger partial charge in [0.1, 0.15) is 5.75 Å². The number of rotatable bonds is 5. The first-order valence-corrected chi connectivity index (χ1v) is 5.81. The molecule has 0 aliphatic rings. The van der Waals surface area contributed by atoms with Crippen LogP contribution in [0.3, 0.4) is 0 Å². The van der Waals surface area contributed by atoms with E-state index in [1.807, 2.05) is 19.2 Å². The van der Waals surface area contributed by atoms with Crippen LogP contribution in [0.1, 0.15) is 24.3 Å². The summed E-state index contributed by atoms with van der Waals surface area (Å²) in [5, 5.41) is 11.5. The van der Waals surface area contributed by atoms with Crippen molar-refractivity contribution in [2.45, 2.75) is 13.8 Å². The van der Waals surface area contributed by atoms with E-state index in [1.54, 1.807) is 0 Å². The summed E-state index contributed by atoms with van der Waals surface area (Å²) in [6.45, 7) is 4.04. The van der Waals surface area contributed by atoms with E-state index < -0.39 is 11.8 Å². The Kier molecular flexibility index (Phi) is 5.25. The summed E-state index contributed by atoms with van der Waals surface area (Å²) in [5.74, 6) is -1.30. The maximum absolute atomic E-state index is 11.7. The van der Waals surface area contributed by atoms with E-state index in [0.29, 0.717) is 12.5 Å². The lowest BCUT2D eigenvalue weighted by atomic mass is 10.2. The third-order valence-electron chi connectivity index (χ3n) is 2.07. The Morgan fingerprint density at radius 3 is 2.74 bits per heavy atom. The summed E-state index contributed by atoms with van der Waals surface area (Å²) in [6, 6.07) is 2.73. The van der Waals surface area contributed by atoms with Crippen LogP contribution in [0.15, 0.2) is 12.1 Å². The maximum Gasteiger partial charge on any atom is 0.280 e. The van der Waals surface area contributed by atoms with Gasteiger partial charge in [0.05, 0.1) is 13.2 Å². The monoisotopic (exact) mass is 267 g/mol. The summed E-state index contributed by atoms with van der Waals surface area (Å²) < 4.78 is 5.33. The van der Waals surface area contributed by atoms with E-state index in [1.165, 1.54) is 12.1 Å². The number of aromatic nitrogens is 1. The van der Waals surface area contributed by atoms with Gasteiger partial charge in [-0.3, -0.25) is 14.9 Å². The first-order valence-electron chi connectivity index (χ1n) is 5.81. The number of nitrogens with two attached hydrogens (primary N) is 1. The molecule has 7 heteroatoms. The Morgan fingerprint density at radius 2 is 2.16 bits per heavy atom. The number of hydrogen-bond donors (Lipinski definition) is 3. The summed E-state index contributed by atoms with van der Waals surface area (Å²) in [7, 11) is 0. The Bertz CT molecular complexity index is 474. The number of carbonyl (C=O) groups is 2. The molecule has 0 aromatic carbocycles. The largest absolute Gasteiger partial charge is 0.505 e. The Balaban J connectivity index is 2.84. The second kappa shape index (κ2) is 6.69. The Labute approximate surface area is 110 Å². The minimum atomic E-state index is -0.817. The minimum absolute atomic E-state index is 0.205. The van der Waals surface area contributed by atoms with Crippen molar-refractivity contribution in [2.24, 2.45) is 11.7 Å². The lowest BCUT2D eigenvalue weighted by Crippen LogP contribution is -2.35. The average molecular weight is 267 g/mol. The summed E-state index contributed by atoms with van der Waals surface area (Å²) in [6.07, 6.45) is 0. The standard InChI is InChI=1S/C12H17N3O4/c1-7(2)6-19-10-4-3-8(16)11(15-10)12(18)14-9(17)5-13/h3-4,7,16H,5-6,13H2,1-2H3,(H,14,17,18). The molecule has 1 aromatic rings. The van der Waals surface area contributed by atoms with Crippen molar-refractivity contribution in [1.29, 1.82) is 0 Å². The van der Waals surface area contributed by atoms with Gasteiger partial charge in [-0.2, -0.15) is 0 Å². The van der Waals surface area contributed by atoms with E-state index in [2.05, 4.69) is 4.98 Å². The molecule has 1 heterocycles. The smallest absolute Gasteiger partial charge is 0.280 e. The Hall–Kier alpha value is -2.15. The molecule has 2 amide bonds. The average Bonchev–Trinajstić information content (AvgIpc) is 2.37. The molecule has 4 N–H and O–H groups in total. The van der Waals surface area contributed by atoms with Crippen LogP contribution in [0.25, 0.3) is 0 Å². The fourth-order valence-electron chi connectivity index (χ4n) is 1.17. The van der Waals surface area contributed by atoms with Crippen LogP contribution in [0.4, 0.5) is 0 Å². The normalized spacial score (nSPS) is 10.3. The van der Waals surface area contributed by atoms with E-state index >= 15 is 0 Å². The lowest BCUT2D eigenvalue weighted by molar-refractivity contribution is -0.118. The molecule has 0 fully saturated rings. The first-order chi connectivity index (χ1) is 8.93. The van der Waals surface area contributed by atoms with Gasteiger partial charge < -0.3 is 15.6 Å². The van der Waals surface area contributed by atoms with Crippen molar-refractivity contribution >= 4 is 11.8 Å². The highest BCUT2D eigenvalue weighted by atomic mass is 16.5. The van der Waals surface area contributed by atoms with Gasteiger partial charge in [0.25, 0.3) is 5.91 Å². The molecule has 0 saturated carbocycles. The van der Waals surface area contributed by atoms with E-state index in [9.17, 15) is 14.7 Å². The van der Waals surface area contributed by atoms with Crippen LogP contribution < -0.4 is 15.8 Å². The molecule has 0 spiro atoms. The van der Waals surface area contributed by atoms with Crippen LogP contribution in [0, 0.1) is 5.92 Å². The third kappa shape index (κ3) is 4.55. The van der Waals surface area contributed by atoms with Crippen LogP contribution in [0.5, 0.6) is 11.6 Å². The number of imide groups is 1. The quantitative estimate of drug-likeness (QED) is 0.693. The SMILES string of the molecule is CC(C)COc1ccc(O)c(C(=O)NC(=O)CN)n1. The molecular formula is C12H17N3O4. The summed E-state index contributed by atoms with van der Waals surface area (Å²) in [5.41, 5.74) is 4.80. The molecule has 0 radical (unpaired) electrons. The van der Waals surface area contributed by atoms with E-state index in [4.69, 9.17) is 10.5 Å². The van der Waals surface area contributed by atoms with E-state index in [0.717, 1.165) is 0 Å². The number of carbonyl (C=O) groups excluding carboxylic acids is 2. The molecular weight excluding hydrogens is 250 g/mol. The molecule has 0 bridgehead atoms. The number of nitrogens with one attached hydrogen (secondary N) is 1. The Morgan fingerprint density at radius 1 is 1.47 bits per heavy atom. The van der Waals surface area contributed by atoms with Gasteiger partial charge in [-0.1, -0.05) is 13.8 Å². The highest BCUT2D eigenvalue weighted by molar-refractivity contribution is 6.05. The van der Waals surface area contributed by atoms with Crippen molar-refractivity contribution in [2.75, 3.05) is 13.2 Å². The first kappa shape index (κ1) is 14.9. The van der Waals surface area contributed by atoms with Gasteiger partial charge in [0.2, 0.25) is 11.8 Å². The van der Waals surface area contributed by atoms with Crippen LogP contribution in [0.2, 0.25) is 0 Å². The molecule has 0 aliphatic heterocycles.